The number of halogens is 4. The Morgan fingerprint density at radius 1 is 1.12 bits per heavy atom. The average molecular weight is 480 g/mol. The molecule has 0 radical (unpaired) electrons. The lowest BCUT2D eigenvalue weighted by molar-refractivity contribution is -0.137. The van der Waals surface area contributed by atoms with Gasteiger partial charge >= 0.3 is 11.9 Å². The van der Waals surface area contributed by atoms with Crippen molar-refractivity contribution < 1.29 is 27.1 Å². The zero-order chi connectivity index (χ0) is 24.9. The SMILES string of the molecule is COCCCNC(=O)c1nn(-c2cccc(C(F)(F)F)c2)c(=O)n(Cc2ccc(F)cc2)c1=O. The van der Waals surface area contributed by atoms with Crippen LogP contribution in [-0.4, -0.2) is 40.5 Å². The third-order valence-electron chi connectivity index (χ3n) is 4.76. The maximum Gasteiger partial charge on any atom is 0.416 e. The Morgan fingerprint density at radius 2 is 1.82 bits per heavy atom. The van der Waals surface area contributed by atoms with Crippen LogP contribution in [0.4, 0.5) is 17.6 Å². The monoisotopic (exact) mass is 480 g/mol. The van der Waals surface area contributed by atoms with E-state index in [0.717, 1.165) is 24.3 Å². The summed E-state index contributed by atoms with van der Waals surface area (Å²) in [5.41, 5.74) is -3.77. The van der Waals surface area contributed by atoms with Gasteiger partial charge in [-0.15, -0.1) is 0 Å². The molecule has 0 bridgehead atoms. The van der Waals surface area contributed by atoms with Crippen LogP contribution in [0.25, 0.3) is 5.69 Å². The highest BCUT2D eigenvalue weighted by molar-refractivity contribution is 5.91. The zero-order valence-electron chi connectivity index (χ0n) is 17.9. The summed E-state index contributed by atoms with van der Waals surface area (Å²) in [4.78, 5) is 38.6. The molecular weight excluding hydrogens is 460 g/mol. The largest absolute Gasteiger partial charge is 0.416 e. The zero-order valence-corrected chi connectivity index (χ0v) is 17.9. The van der Waals surface area contributed by atoms with Crippen LogP contribution in [0.1, 0.15) is 28.0 Å². The predicted octanol–water partition coefficient (Wildman–Crippen LogP) is 2.37. The number of nitrogens with one attached hydrogen (secondary N) is 1. The number of hydrogen-bond donors (Lipinski definition) is 1. The van der Waals surface area contributed by atoms with Crippen LogP contribution in [0.3, 0.4) is 0 Å². The van der Waals surface area contributed by atoms with Crippen LogP contribution in [0.2, 0.25) is 0 Å². The molecule has 1 N–H and O–H groups in total. The molecular formula is C22H20F4N4O4. The molecule has 2 aromatic carbocycles. The molecule has 1 aromatic heterocycles. The standard InChI is InChI=1S/C22H20F4N4O4/c1-34-11-3-10-27-19(31)18-20(32)29(13-14-6-8-16(23)9-7-14)21(33)30(28-18)17-5-2-4-15(12-17)22(24,25)26/h2,4-9,12H,3,10-11,13H2,1H3,(H,27,31). The maximum atomic E-state index is 13.2. The van der Waals surface area contributed by atoms with E-state index in [1.165, 1.54) is 25.3 Å². The molecule has 0 saturated carbocycles. The van der Waals surface area contributed by atoms with Crippen molar-refractivity contribution in [3.63, 3.8) is 0 Å². The number of ether oxygens (including phenoxy) is 1. The second-order valence-corrected chi connectivity index (χ2v) is 7.21. The van der Waals surface area contributed by atoms with Gasteiger partial charge in [0.1, 0.15) is 5.82 Å². The Hall–Kier alpha value is -3.80. The van der Waals surface area contributed by atoms with Crippen molar-refractivity contribution in [1.82, 2.24) is 19.7 Å². The number of benzene rings is 2. The van der Waals surface area contributed by atoms with Crippen LogP contribution < -0.4 is 16.6 Å². The smallest absolute Gasteiger partial charge is 0.385 e. The van der Waals surface area contributed by atoms with E-state index in [1.807, 2.05) is 0 Å². The van der Waals surface area contributed by atoms with Gasteiger partial charge in [-0.3, -0.25) is 14.2 Å². The molecule has 8 nitrogen and oxygen atoms in total. The molecule has 0 saturated heterocycles. The summed E-state index contributed by atoms with van der Waals surface area (Å²) >= 11 is 0. The van der Waals surface area contributed by atoms with Gasteiger partial charge in [0.25, 0.3) is 11.5 Å². The summed E-state index contributed by atoms with van der Waals surface area (Å²) in [6, 6.07) is 8.67. The molecule has 0 spiro atoms. The van der Waals surface area contributed by atoms with E-state index < -0.39 is 40.4 Å². The van der Waals surface area contributed by atoms with Crippen molar-refractivity contribution >= 4 is 5.91 Å². The Kier molecular flexibility index (Phi) is 7.61. The third-order valence-corrected chi connectivity index (χ3v) is 4.76. The minimum absolute atomic E-state index is 0.133. The van der Waals surface area contributed by atoms with Crippen LogP contribution in [-0.2, 0) is 17.5 Å². The summed E-state index contributed by atoms with van der Waals surface area (Å²) < 4.78 is 58.9. The van der Waals surface area contributed by atoms with Crippen molar-refractivity contribution in [2.45, 2.75) is 19.1 Å². The number of alkyl halides is 3. The number of nitrogens with zero attached hydrogens (tertiary/aromatic N) is 3. The first-order chi connectivity index (χ1) is 16.1. The van der Waals surface area contributed by atoms with Gasteiger partial charge in [0.15, 0.2) is 0 Å². The topological polar surface area (TPSA) is 95.2 Å². The summed E-state index contributed by atoms with van der Waals surface area (Å²) in [5, 5.41) is 6.25. The van der Waals surface area contributed by atoms with Crippen LogP contribution in [0.15, 0.2) is 58.1 Å². The van der Waals surface area contributed by atoms with Gasteiger partial charge in [0.2, 0.25) is 5.69 Å². The Bertz CT molecular complexity index is 1280. The minimum Gasteiger partial charge on any atom is -0.385 e. The molecule has 0 aliphatic rings. The lowest BCUT2D eigenvalue weighted by atomic mass is 10.2. The lowest BCUT2D eigenvalue weighted by Crippen LogP contribution is -2.46. The van der Waals surface area contributed by atoms with E-state index in [2.05, 4.69) is 10.4 Å². The summed E-state index contributed by atoms with van der Waals surface area (Å²) in [5.74, 6) is -1.45. The van der Waals surface area contributed by atoms with Gasteiger partial charge in [0, 0.05) is 20.3 Å². The molecule has 0 atom stereocenters. The Morgan fingerprint density at radius 3 is 2.47 bits per heavy atom. The van der Waals surface area contributed by atoms with Crippen molar-refractivity contribution in [2.75, 3.05) is 20.3 Å². The number of carbonyl (C=O) groups excluding carboxylic acids is 1. The molecule has 0 unspecified atom stereocenters. The highest BCUT2D eigenvalue weighted by atomic mass is 19.4. The highest BCUT2D eigenvalue weighted by Gasteiger charge is 2.31. The van der Waals surface area contributed by atoms with Crippen LogP contribution in [0.5, 0.6) is 0 Å². The number of methoxy groups -OCH3 is 1. The van der Waals surface area contributed by atoms with Gasteiger partial charge in [-0.1, -0.05) is 18.2 Å². The number of hydrogen-bond acceptors (Lipinski definition) is 5. The Balaban J connectivity index is 2.13. The van der Waals surface area contributed by atoms with Gasteiger partial charge in [-0.05, 0) is 42.3 Å². The van der Waals surface area contributed by atoms with Gasteiger partial charge < -0.3 is 10.1 Å². The summed E-state index contributed by atoms with van der Waals surface area (Å²) in [6.07, 6.45) is -4.26. The minimum atomic E-state index is -4.69. The highest BCUT2D eigenvalue weighted by Crippen LogP contribution is 2.29. The summed E-state index contributed by atoms with van der Waals surface area (Å²) in [7, 11) is 1.47. The molecule has 3 rings (SSSR count). The second kappa shape index (κ2) is 10.4. The van der Waals surface area contributed by atoms with Crippen molar-refractivity contribution in [3.05, 3.63) is 92.0 Å². The van der Waals surface area contributed by atoms with E-state index >= 15 is 0 Å². The average Bonchev–Trinajstić information content (AvgIpc) is 2.80. The molecule has 34 heavy (non-hydrogen) atoms. The number of aromatic nitrogens is 3. The van der Waals surface area contributed by atoms with E-state index in [0.29, 0.717) is 33.9 Å². The molecule has 1 amide bonds. The fourth-order valence-electron chi connectivity index (χ4n) is 3.05. The molecule has 12 heteroatoms. The fourth-order valence-corrected chi connectivity index (χ4v) is 3.05. The van der Waals surface area contributed by atoms with Gasteiger partial charge in [0.05, 0.1) is 17.8 Å². The van der Waals surface area contributed by atoms with Crippen LogP contribution in [0, 0.1) is 5.82 Å². The fraction of sp³-hybridized carbons (Fsp3) is 0.273. The number of amides is 1. The van der Waals surface area contributed by atoms with Crippen molar-refractivity contribution in [2.24, 2.45) is 0 Å². The third kappa shape index (κ3) is 5.76. The summed E-state index contributed by atoms with van der Waals surface area (Å²) in [6.45, 7) is 0.115. The van der Waals surface area contributed by atoms with Crippen molar-refractivity contribution in [3.8, 4) is 5.69 Å². The van der Waals surface area contributed by atoms with E-state index in [-0.39, 0.29) is 18.8 Å². The predicted molar refractivity (Wildman–Crippen MR) is 113 cm³/mol. The first kappa shape index (κ1) is 24.8. The van der Waals surface area contributed by atoms with Crippen LogP contribution >= 0.6 is 0 Å². The molecule has 1 heterocycles. The molecule has 3 aromatic rings. The van der Waals surface area contributed by atoms with E-state index in [9.17, 15) is 31.9 Å². The van der Waals surface area contributed by atoms with Crippen molar-refractivity contribution in [1.29, 1.82) is 0 Å². The molecule has 0 aliphatic carbocycles. The Labute approximate surface area is 190 Å². The quantitative estimate of drug-likeness (QED) is 0.395. The molecule has 180 valence electrons. The van der Waals surface area contributed by atoms with E-state index in [4.69, 9.17) is 4.74 Å². The van der Waals surface area contributed by atoms with Gasteiger partial charge in [-0.2, -0.15) is 23.0 Å². The first-order valence-corrected chi connectivity index (χ1v) is 10.0. The lowest BCUT2D eigenvalue weighted by Gasteiger charge is -2.14. The number of carbonyl (C=O) groups is 1. The molecule has 0 fully saturated rings. The van der Waals surface area contributed by atoms with Gasteiger partial charge in [-0.25, -0.2) is 9.18 Å². The number of rotatable bonds is 8. The maximum absolute atomic E-state index is 13.2. The second-order valence-electron chi connectivity index (χ2n) is 7.21. The van der Waals surface area contributed by atoms with E-state index in [1.54, 1.807) is 0 Å². The normalized spacial score (nSPS) is 11.4. The molecule has 0 aliphatic heterocycles. The first-order valence-electron chi connectivity index (χ1n) is 10.0.